The van der Waals surface area contributed by atoms with Gasteiger partial charge in [0.05, 0.1) is 5.02 Å². The molecule has 3 aromatic rings. The van der Waals surface area contributed by atoms with Crippen molar-refractivity contribution < 1.29 is 23.5 Å². The Morgan fingerprint density at radius 2 is 1.72 bits per heavy atom. The number of carbonyl (C=O) groups is 2. The highest BCUT2D eigenvalue weighted by Crippen LogP contribution is 2.44. The SMILES string of the molecule is O=C1OCN(C(=O)OCC2c3ccccc3-c3ccccc32)[C@H]1Cc1ccc(Cl)c(F)c1. The number of fused-ring (bicyclic) bond motifs is 3. The van der Waals surface area contributed by atoms with Crippen LogP contribution in [0.3, 0.4) is 0 Å². The Labute approximate surface area is 189 Å². The zero-order valence-electron chi connectivity index (χ0n) is 17.0. The van der Waals surface area contributed by atoms with Gasteiger partial charge >= 0.3 is 12.1 Å². The van der Waals surface area contributed by atoms with Crippen LogP contribution in [-0.2, 0) is 20.7 Å². The molecule has 1 heterocycles. The van der Waals surface area contributed by atoms with E-state index < -0.39 is 23.9 Å². The lowest BCUT2D eigenvalue weighted by Crippen LogP contribution is -2.40. The van der Waals surface area contributed by atoms with Crippen molar-refractivity contribution in [3.8, 4) is 11.1 Å². The van der Waals surface area contributed by atoms with Gasteiger partial charge in [0.25, 0.3) is 0 Å². The molecule has 2 aliphatic rings. The molecule has 32 heavy (non-hydrogen) atoms. The van der Waals surface area contributed by atoms with Crippen LogP contribution in [0.25, 0.3) is 11.1 Å². The number of esters is 1. The van der Waals surface area contributed by atoms with Crippen LogP contribution in [0.15, 0.2) is 66.7 Å². The van der Waals surface area contributed by atoms with Crippen LogP contribution in [0.1, 0.15) is 22.6 Å². The lowest BCUT2D eigenvalue weighted by Gasteiger charge is -2.21. The van der Waals surface area contributed by atoms with Crippen LogP contribution in [0, 0.1) is 5.82 Å². The van der Waals surface area contributed by atoms with Gasteiger partial charge in [0.15, 0.2) is 6.73 Å². The van der Waals surface area contributed by atoms with Gasteiger partial charge in [-0.15, -0.1) is 0 Å². The monoisotopic (exact) mass is 451 g/mol. The number of halogens is 2. The number of ether oxygens (including phenoxy) is 2. The highest BCUT2D eigenvalue weighted by atomic mass is 35.5. The predicted molar refractivity (Wildman–Crippen MR) is 117 cm³/mol. The first-order chi connectivity index (χ1) is 15.5. The molecular formula is C25H19ClFNO4. The number of hydrogen-bond acceptors (Lipinski definition) is 4. The number of amides is 1. The molecule has 0 saturated carbocycles. The fourth-order valence-corrected chi connectivity index (χ4v) is 4.50. The van der Waals surface area contributed by atoms with Crippen molar-refractivity contribution in [3.63, 3.8) is 0 Å². The van der Waals surface area contributed by atoms with E-state index in [0.717, 1.165) is 22.3 Å². The fraction of sp³-hybridized carbons (Fsp3) is 0.200. The van der Waals surface area contributed by atoms with E-state index in [1.54, 1.807) is 6.07 Å². The molecule has 0 bridgehead atoms. The summed E-state index contributed by atoms with van der Waals surface area (Å²) in [5.41, 5.74) is 5.00. The van der Waals surface area contributed by atoms with Gasteiger partial charge in [0.1, 0.15) is 18.5 Å². The van der Waals surface area contributed by atoms with E-state index in [0.29, 0.717) is 5.56 Å². The van der Waals surface area contributed by atoms with Crippen LogP contribution in [0.2, 0.25) is 5.02 Å². The number of benzene rings is 3. The minimum Gasteiger partial charge on any atom is -0.448 e. The zero-order valence-corrected chi connectivity index (χ0v) is 17.7. The maximum absolute atomic E-state index is 13.8. The van der Waals surface area contributed by atoms with Crippen LogP contribution in [-0.4, -0.2) is 36.3 Å². The molecule has 0 unspecified atom stereocenters. The third-order valence-electron chi connectivity index (χ3n) is 5.98. The maximum Gasteiger partial charge on any atom is 0.413 e. The summed E-state index contributed by atoms with van der Waals surface area (Å²) in [5.74, 6) is -1.22. The summed E-state index contributed by atoms with van der Waals surface area (Å²) >= 11 is 5.73. The van der Waals surface area contributed by atoms with Gasteiger partial charge in [-0.05, 0) is 39.9 Å². The van der Waals surface area contributed by atoms with Crippen molar-refractivity contribution in [2.24, 2.45) is 0 Å². The minimum atomic E-state index is -0.883. The molecule has 1 aliphatic carbocycles. The topological polar surface area (TPSA) is 55.8 Å². The highest BCUT2D eigenvalue weighted by molar-refractivity contribution is 6.30. The molecule has 0 radical (unpaired) electrons. The fourth-order valence-electron chi connectivity index (χ4n) is 4.39. The zero-order chi connectivity index (χ0) is 22.2. The lowest BCUT2D eigenvalue weighted by molar-refractivity contribution is -0.139. The molecule has 0 spiro atoms. The molecule has 1 aliphatic heterocycles. The quantitative estimate of drug-likeness (QED) is 0.514. The second kappa shape index (κ2) is 8.28. The second-order valence-electron chi connectivity index (χ2n) is 7.83. The molecule has 7 heteroatoms. The van der Waals surface area contributed by atoms with Gasteiger partial charge in [-0.3, -0.25) is 4.90 Å². The Kier molecular flexibility index (Phi) is 5.31. The van der Waals surface area contributed by atoms with E-state index in [1.807, 2.05) is 36.4 Å². The standard InChI is InChI=1S/C25H19ClFNO4/c26-21-10-9-15(11-22(21)27)12-23-24(29)32-14-28(23)25(30)31-13-20-18-7-3-1-5-16(18)17-6-2-4-8-19(17)20/h1-11,20,23H,12-14H2/t23-/m0/s1. The van der Waals surface area contributed by atoms with Crippen LogP contribution in [0.5, 0.6) is 0 Å². The summed E-state index contributed by atoms with van der Waals surface area (Å²) < 4.78 is 24.5. The van der Waals surface area contributed by atoms with E-state index >= 15 is 0 Å². The molecule has 1 fully saturated rings. The maximum atomic E-state index is 13.8. The van der Waals surface area contributed by atoms with Gasteiger partial charge < -0.3 is 9.47 Å². The Morgan fingerprint density at radius 1 is 1.06 bits per heavy atom. The van der Waals surface area contributed by atoms with E-state index in [2.05, 4.69) is 12.1 Å². The third kappa shape index (κ3) is 3.60. The van der Waals surface area contributed by atoms with E-state index in [1.165, 1.54) is 17.0 Å². The van der Waals surface area contributed by atoms with Crippen LogP contribution in [0.4, 0.5) is 9.18 Å². The molecular weight excluding hydrogens is 433 g/mol. The summed E-state index contributed by atoms with van der Waals surface area (Å²) in [5, 5.41) is -0.00357. The molecule has 1 saturated heterocycles. The molecule has 5 rings (SSSR count). The average Bonchev–Trinajstić information content (AvgIpc) is 3.32. The number of hydrogen-bond donors (Lipinski definition) is 0. The average molecular weight is 452 g/mol. The van der Waals surface area contributed by atoms with Crippen molar-refractivity contribution >= 4 is 23.7 Å². The summed E-state index contributed by atoms with van der Waals surface area (Å²) in [6.45, 7) is -0.0594. The first kappa shape index (κ1) is 20.5. The smallest absolute Gasteiger partial charge is 0.413 e. The van der Waals surface area contributed by atoms with Crippen molar-refractivity contribution in [2.75, 3.05) is 13.3 Å². The summed E-state index contributed by atoms with van der Waals surface area (Å²) in [6.07, 6.45) is -0.533. The van der Waals surface area contributed by atoms with Crippen molar-refractivity contribution in [1.29, 1.82) is 0 Å². The summed E-state index contributed by atoms with van der Waals surface area (Å²) in [4.78, 5) is 26.3. The minimum absolute atomic E-state index is 0.00357. The van der Waals surface area contributed by atoms with Crippen molar-refractivity contribution in [3.05, 3.63) is 94.3 Å². The van der Waals surface area contributed by atoms with Gasteiger partial charge in [0, 0.05) is 12.3 Å². The van der Waals surface area contributed by atoms with Crippen LogP contribution < -0.4 is 0 Å². The lowest BCUT2D eigenvalue weighted by atomic mass is 9.98. The van der Waals surface area contributed by atoms with Gasteiger partial charge in [-0.25, -0.2) is 14.0 Å². The molecule has 162 valence electrons. The molecule has 3 aromatic carbocycles. The van der Waals surface area contributed by atoms with E-state index in [-0.39, 0.29) is 30.7 Å². The number of cyclic esters (lactones) is 1. The molecule has 5 nitrogen and oxygen atoms in total. The third-order valence-corrected chi connectivity index (χ3v) is 6.28. The first-order valence-electron chi connectivity index (χ1n) is 10.2. The molecule has 0 aromatic heterocycles. The van der Waals surface area contributed by atoms with Gasteiger partial charge in [-0.2, -0.15) is 0 Å². The Morgan fingerprint density at radius 3 is 2.38 bits per heavy atom. The second-order valence-corrected chi connectivity index (χ2v) is 8.24. The van der Waals surface area contributed by atoms with Gasteiger partial charge in [-0.1, -0.05) is 66.2 Å². The van der Waals surface area contributed by atoms with Gasteiger partial charge in [0.2, 0.25) is 0 Å². The first-order valence-corrected chi connectivity index (χ1v) is 10.6. The van der Waals surface area contributed by atoms with E-state index in [4.69, 9.17) is 21.1 Å². The predicted octanol–water partition coefficient (Wildman–Crippen LogP) is 5.16. The molecule has 1 amide bonds. The van der Waals surface area contributed by atoms with E-state index in [9.17, 15) is 14.0 Å². The van der Waals surface area contributed by atoms with Crippen molar-refractivity contribution in [1.82, 2.24) is 4.90 Å². The normalized spacial score (nSPS) is 17.1. The van der Waals surface area contributed by atoms with Crippen LogP contribution >= 0.6 is 11.6 Å². The highest BCUT2D eigenvalue weighted by Gasteiger charge is 2.39. The largest absolute Gasteiger partial charge is 0.448 e. The Bertz CT molecular complexity index is 1170. The number of carbonyl (C=O) groups excluding carboxylic acids is 2. The Hall–Kier alpha value is -3.38. The molecule has 0 N–H and O–H groups in total. The summed E-state index contributed by atoms with van der Waals surface area (Å²) in [6, 6.07) is 19.5. The van der Waals surface area contributed by atoms with Crippen molar-refractivity contribution in [2.45, 2.75) is 18.4 Å². The molecule has 1 atom stereocenters. The number of nitrogens with zero attached hydrogens (tertiary/aromatic N) is 1. The summed E-state index contributed by atoms with van der Waals surface area (Å²) in [7, 11) is 0. The number of rotatable bonds is 4. The Balaban J connectivity index is 1.31.